The highest BCUT2D eigenvalue weighted by Crippen LogP contribution is 2.36. The summed E-state index contributed by atoms with van der Waals surface area (Å²) < 4.78 is 26.7. The normalized spacial score (nSPS) is 11.3. The lowest BCUT2D eigenvalue weighted by Crippen LogP contribution is -2.02. The predicted octanol–water partition coefficient (Wildman–Crippen LogP) is 6.57. The summed E-state index contributed by atoms with van der Waals surface area (Å²) >= 11 is 0. The van der Waals surface area contributed by atoms with Gasteiger partial charge < -0.3 is 28.1 Å². The van der Waals surface area contributed by atoms with Gasteiger partial charge in [0.05, 0.1) is 50.5 Å². The van der Waals surface area contributed by atoms with E-state index < -0.39 is 0 Å². The first-order valence-corrected chi connectivity index (χ1v) is 12.9. The van der Waals surface area contributed by atoms with Gasteiger partial charge in [-0.25, -0.2) is 9.97 Å². The highest BCUT2D eigenvalue weighted by atomic mass is 16.5. The van der Waals surface area contributed by atoms with Crippen molar-refractivity contribution in [2.45, 2.75) is 39.8 Å². The first-order chi connectivity index (χ1) is 18.5. The topological polar surface area (TPSA) is 72.6 Å². The highest BCUT2D eigenvalue weighted by Gasteiger charge is 2.19. The molecule has 8 nitrogen and oxygen atoms in total. The molecule has 2 heterocycles. The van der Waals surface area contributed by atoms with Gasteiger partial charge in [-0.3, -0.25) is 0 Å². The summed E-state index contributed by atoms with van der Waals surface area (Å²) in [4.78, 5) is 10.2. The number of nitrogens with zero attached hydrogens (tertiary/aromatic N) is 4. The van der Waals surface area contributed by atoms with E-state index >= 15 is 0 Å². The van der Waals surface area contributed by atoms with E-state index in [9.17, 15) is 0 Å². The van der Waals surface area contributed by atoms with E-state index in [0.29, 0.717) is 0 Å². The second-order valence-corrected chi connectivity index (χ2v) is 9.21. The zero-order chi connectivity index (χ0) is 26.8. The third-order valence-electron chi connectivity index (χ3n) is 6.73. The number of aromatic nitrogens is 4. The van der Waals surface area contributed by atoms with Crippen LogP contribution in [-0.4, -0.2) is 47.5 Å². The van der Waals surface area contributed by atoms with Gasteiger partial charge in [-0.1, -0.05) is 13.8 Å². The Labute approximate surface area is 222 Å². The average molecular weight is 515 g/mol. The van der Waals surface area contributed by atoms with E-state index in [1.165, 1.54) is 0 Å². The third-order valence-corrected chi connectivity index (χ3v) is 6.73. The van der Waals surface area contributed by atoms with Gasteiger partial charge in [0.15, 0.2) is 0 Å². The summed E-state index contributed by atoms with van der Waals surface area (Å²) in [5, 5.41) is 0. The molecule has 0 unspecified atom stereocenters. The van der Waals surface area contributed by atoms with Crippen LogP contribution in [0.15, 0.2) is 48.5 Å². The van der Waals surface area contributed by atoms with Gasteiger partial charge in [0.25, 0.3) is 0 Å². The van der Waals surface area contributed by atoms with Crippen LogP contribution >= 0.6 is 0 Å². The molecule has 0 bridgehead atoms. The number of ether oxygens (including phenoxy) is 4. The standard InChI is InChI=1S/C30H34N4O4/c1-7-9-33-27-18-28-26(17-25(27)31-29(33)19-11-21(35-3)15-22(12-19)36-4)32-30(34(28)10-8-2)20-13-23(37-5)16-24(14-20)38-6/h11-18H,7-10H2,1-6H3. The molecule has 0 amide bonds. The molecule has 5 rings (SSSR count). The first-order valence-electron chi connectivity index (χ1n) is 12.9. The minimum atomic E-state index is 0.731. The second kappa shape index (κ2) is 10.7. The van der Waals surface area contributed by atoms with Crippen molar-refractivity contribution in [1.82, 2.24) is 19.1 Å². The first kappa shape index (κ1) is 25.4. The van der Waals surface area contributed by atoms with Crippen molar-refractivity contribution >= 4 is 22.1 Å². The van der Waals surface area contributed by atoms with Crippen LogP contribution in [0.25, 0.3) is 44.8 Å². The lowest BCUT2D eigenvalue weighted by molar-refractivity contribution is 0.394. The fourth-order valence-electron chi connectivity index (χ4n) is 4.96. The number of hydrogen-bond acceptors (Lipinski definition) is 6. The summed E-state index contributed by atoms with van der Waals surface area (Å²) in [5.74, 6) is 4.68. The zero-order valence-electron chi connectivity index (χ0n) is 22.9. The molecule has 0 saturated heterocycles. The van der Waals surface area contributed by atoms with Gasteiger partial charge in [-0.2, -0.15) is 0 Å². The van der Waals surface area contributed by atoms with Gasteiger partial charge >= 0.3 is 0 Å². The summed E-state index contributed by atoms with van der Waals surface area (Å²) in [5.41, 5.74) is 5.84. The van der Waals surface area contributed by atoms with Crippen LogP contribution in [0.5, 0.6) is 23.0 Å². The molecule has 3 aromatic carbocycles. The van der Waals surface area contributed by atoms with Gasteiger partial charge in [0, 0.05) is 36.3 Å². The summed E-state index contributed by atoms with van der Waals surface area (Å²) in [6, 6.07) is 16.1. The maximum Gasteiger partial charge on any atom is 0.141 e. The van der Waals surface area contributed by atoms with Crippen LogP contribution in [0.2, 0.25) is 0 Å². The number of fused-ring (bicyclic) bond motifs is 2. The van der Waals surface area contributed by atoms with Crippen LogP contribution < -0.4 is 18.9 Å². The molecule has 38 heavy (non-hydrogen) atoms. The molecule has 5 aromatic rings. The van der Waals surface area contributed by atoms with E-state index in [1.54, 1.807) is 28.4 Å². The molecule has 0 radical (unpaired) electrons. The minimum absolute atomic E-state index is 0.731. The molecule has 0 N–H and O–H groups in total. The molecule has 2 aromatic heterocycles. The minimum Gasteiger partial charge on any atom is -0.497 e. The van der Waals surface area contributed by atoms with Crippen LogP contribution in [0, 0.1) is 0 Å². The fourth-order valence-corrected chi connectivity index (χ4v) is 4.96. The Morgan fingerprint density at radius 1 is 0.526 bits per heavy atom. The van der Waals surface area contributed by atoms with Crippen molar-refractivity contribution in [2.75, 3.05) is 28.4 Å². The van der Waals surface area contributed by atoms with Crippen LogP contribution in [-0.2, 0) is 13.1 Å². The van der Waals surface area contributed by atoms with Gasteiger partial charge in [-0.15, -0.1) is 0 Å². The molecular formula is C30H34N4O4. The van der Waals surface area contributed by atoms with Gasteiger partial charge in [0.2, 0.25) is 0 Å². The Bertz CT molecular complexity index is 1440. The molecule has 8 heteroatoms. The quantitative estimate of drug-likeness (QED) is 0.210. The molecule has 0 aliphatic heterocycles. The maximum absolute atomic E-state index is 5.53. The fraction of sp³-hybridized carbons (Fsp3) is 0.333. The summed E-state index contributed by atoms with van der Waals surface area (Å²) in [6.07, 6.45) is 1.95. The summed E-state index contributed by atoms with van der Waals surface area (Å²) in [7, 11) is 6.64. The maximum atomic E-state index is 5.53. The molecule has 0 atom stereocenters. The molecular weight excluding hydrogens is 480 g/mol. The van der Waals surface area contributed by atoms with E-state index in [1.807, 2.05) is 36.4 Å². The third kappa shape index (κ3) is 4.51. The van der Waals surface area contributed by atoms with Crippen LogP contribution in [0.1, 0.15) is 26.7 Å². The van der Waals surface area contributed by atoms with E-state index in [0.717, 1.165) is 93.8 Å². The van der Waals surface area contributed by atoms with Gasteiger partial charge in [0.1, 0.15) is 34.6 Å². The Morgan fingerprint density at radius 2 is 0.895 bits per heavy atom. The molecule has 0 saturated carbocycles. The zero-order valence-corrected chi connectivity index (χ0v) is 22.9. The number of imidazole rings is 2. The average Bonchev–Trinajstić information content (AvgIpc) is 3.49. The highest BCUT2D eigenvalue weighted by molar-refractivity contribution is 5.95. The van der Waals surface area contributed by atoms with Crippen LogP contribution in [0.3, 0.4) is 0 Å². The van der Waals surface area contributed by atoms with Crippen molar-refractivity contribution in [2.24, 2.45) is 0 Å². The molecule has 0 fully saturated rings. The predicted molar refractivity (Wildman–Crippen MR) is 151 cm³/mol. The van der Waals surface area contributed by atoms with E-state index in [-0.39, 0.29) is 0 Å². The Kier molecular flexibility index (Phi) is 7.13. The smallest absolute Gasteiger partial charge is 0.141 e. The summed E-state index contributed by atoms with van der Waals surface area (Å²) in [6.45, 7) is 6.02. The number of rotatable bonds is 10. The van der Waals surface area contributed by atoms with Gasteiger partial charge in [-0.05, 0) is 49.2 Å². The van der Waals surface area contributed by atoms with Crippen molar-refractivity contribution in [3.63, 3.8) is 0 Å². The molecule has 0 spiro atoms. The monoisotopic (exact) mass is 514 g/mol. The second-order valence-electron chi connectivity index (χ2n) is 9.21. The number of aryl methyl sites for hydroxylation is 2. The van der Waals surface area contributed by atoms with Crippen molar-refractivity contribution in [3.05, 3.63) is 48.5 Å². The molecule has 0 aliphatic carbocycles. The lowest BCUT2D eigenvalue weighted by atomic mass is 10.2. The Hall–Kier alpha value is -4.20. The van der Waals surface area contributed by atoms with Crippen LogP contribution in [0.4, 0.5) is 0 Å². The molecule has 198 valence electrons. The number of benzene rings is 3. The lowest BCUT2D eigenvalue weighted by Gasteiger charge is -2.12. The molecule has 0 aliphatic rings. The van der Waals surface area contributed by atoms with Crippen molar-refractivity contribution in [3.8, 4) is 45.8 Å². The van der Waals surface area contributed by atoms with Crippen molar-refractivity contribution in [1.29, 1.82) is 0 Å². The number of hydrogen-bond donors (Lipinski definition) is 0. The Morgan fingerprint density at radius 3 is 1.21 bits per heavy atom. The SMILES string of the molecule is CCCn1c(-c2cc(OC)cc(OC)c2)nc2cc3nc(-c4cc(OC)cc(OC)c4)n(CCC)c3cc21. The van der Waals surface area contributed by atoms with E-state index in [4.69, 9.17) is 28.9 Å². The largest absolute Gasteiger partial charge is 0.497 e. The van der Waals surface area contributed by atoms with E-state index in [2.05, 4.69) is 35.1 Å². The Balaban J connectivity index is 1.74. The number of methoxy groups -OCH3 is 4. The van der Waals surface area contributed by atoms with Crippen molar-refractivity contribution < 1.29 is 18.9 Å².